The number of aliphatic hydroxyl groups is 1. The lowest BCUT2D eigenvalue weighted by atomic mass is 10.1. The monoisotopic (exact) mass is 226 g/mol. The number of hydrogen-bond donors (Lipinski definition) is 2. The summed E-state index contributed by atoms with van der Waals surface area (Å²) in [6.45, 7) is 0.397. The number of rotatable bonds is 6. The van der Waals surface area contributed by atoms with Crippen molar-refractivity contribution in [1.82, 2.24) is 0 Å². The Kier molecular flexibility index (Phi) is 5.28. The minimum absolute atomic E-state index is 0.0629. The van der Waals surface area contributed by atoms with E-state index in [1.54, 1.807) is 12.1 Å². The van der Waals surface area contributed by atoms with Gasteiger partial charge in [0.05, 0.1) is 0 Å². The molecule has 0 spiro atoms. The molecule has 0 fully saturated rings. The van der Waals surface area contributed by atoms with Crippen molar-refractivity contribution in [2.75, 3.05) is 13.2 Å². The fourth-order valence-corrected chi connectivity index (χ4v) is 1.10. The van der Waals surface area contributed by atoms with Crippen LogP contribution in [0.15, 0.2) is 29.4 Å². The second-order valence-electron chi connectivity index (χ2n) is 3.30. The molecule has 4 nitrogen and oxygen atoms in total. The molecule has 0 bridgehead atoms. The molecule has 0 aromatic heterocycles. The molecule has 0 heterocycles. The summed E-state index contributed by atoms with van der Waals surface area (Å²) in [5.41, 5.74) is 6.46. The molecule has 5 heteroatoms. The molecular weight excluding hydrogens is 211 g/mol. The predicted molar refractivity (Wildman–Crippen MR) is 59.4 cm³/mol. The van der Waals surface area contributed by atoms with Crippen molar-refractivity contribution in [3.63, 3.8) is 0 Å². The van der Waals surface area contributed by atoms with Crippen LogP contribution in [0.1, 0.15) is 12.0 Å². The molecule has 88 valence electrons. The van der Waals surface area contributed by atoms with Crippen LogP contribution in [0.5, 0.6) is 0 Å². The number of benzene rings is 1. The number of aliphatic hydroxyl groups excluding tert-OH is 1. The van der Waals surface area contributed by atoms with Gasteiger partial charge in [0.1, 0.15) is 18.3 Å². The Morgan fingerprint density at radius 1 is 1.38 bits per heavy atom. The summed E-state index contributed by atoms with van der Waals surface area (Å²) in [7, 11) is 0. The van der Waals surface area contributed by atoms with E-state index in [9.17, 15) is 4.39 Å². The second kappa shape index (κ2) is 6.79. The van der Waals surface area contributed by atoms with Crippen molar-refractivity contribution in [3.05, 3.63) is 35.6 Å². The van der Waals surface area contributed by atoms with Gasteiger partial charge in [-0.1, -0.05) is 17.3 Å². The highest BCUT2D eigenvalue weighted by Gasteiger charge is 1.98. The maximum atomic E-state index is 12.6. The van der Waals surface area contributed by atoms with E-state index in [2.05, 4.69) is 5.16 Å². The third-order valence-electron chi connectivity index (χ3n) is 1.87. The van der Waals surface area contributed by atoms with Crippen LogP contribution in [-0.4, -0.2) is 24.2 Å². The molecule has 0 aliphatic rings. The van der Waals surface area contributed by atoms with E-state index in [-0.39, 0.29) is 12.4 Å². The number of oxime groups is 1. The van der Waals surface area contributed by atoms with Gasteiger partial charge >= 0.3 is 0 Å². The van der Waals surface area contributed by atoms with Gasteiger partial charge in [-0.05, 0) is 17.7 Å². The normalized spacial score (nSPS) is 11.5. The Hall–Kier alpha value is -1.62. The molecule has 1 aromatic rings. The Labute approximate surface area is 93.5 Å². The van der Waals surface area contributed by atoms with Crippen LogP contribution in [0.25, 0.3) is 0 Å². The van der Waals surface area contributed by atoms with Crippen molar-refractivity contribution in [2.24, 2.45) is 10.9 Å². The number of nitrogens with zero attached hydrogens (tertiary/aromatic N) is 1. The SMILES string of the molecule is N/C(Cc1ccc(F)cc1)=N/OCCCO. The molecule has 0 saturated carbocycles. The van der Waals surface area contributed by atoms with Crippen molar-refractivity contribution >= 4 is 5.84 Å². The van der Waals surface area contributed by atoms with Gasteiger partial charge in [-0.15, -0.1) is 0 Å². The molecule has 0 amide bonds. The predicted octanol–water partition coefficient (Wildman–Crippen LogP) is 1.04. The zero-order valence-corrected chi connectivity index (χ0v) is 8.90. The largest absolute Gasteiger partial charge is 0.396 e. The average Bonchev–Trinajstić information content (AvgIpc) is 2.28. The number of nitrogens with two attached hydrogens (primary N) is 1. The lowest BCUT2D eigenvalue weighted by Gasteiger charge is -2.01. The maximum Gasteiger partial charge on any atom is 0.143 e. The molecule has 0 unspecified atom stereocenters. The Balaban J connectivity index is 2.38. The zero-order chi connectivity index (χ0) is 11.8. The molecule has 0 saturated heterocycles. The van der Waals surface area contributed by atoms with Gasteiger partial charge in [0.2, 0.25) is 0 Å². The van der Waals surface area contributed by atoms with Crippen molar-refractivity contribution in [1.29, 1.82) is 0 Å². The van der Waals surface area contributed by atoms with Crippen LogP contribution in [0.4, 0.5) is 4.39 Å². The second-order valence-corrected chi connectivity index (χ2v) is 3.30. The molecule has 0 aliphatic heterocycles. The summed E-state index contributed by atoms with van der Waals surface area (Å²) < 4.78 is 12.6. The molecule has 0 aliphatic carbocycles. The van der Waals surface area contributed by atoms with Gasteiger partial charge in [0.15, 0.2) is 0 Å². The Morgan fingerprint density at radius 2 is 2.06 bits per heavy atom. The van der Waals surface area contributed by atoms with Crippen molar-refractivity contribution in [3.8, 4) is 0 Å². The summed E-state index contributed by atoms with van der Waals surface area (Å²) in [6, 6.07) is 6.03. The Morgan fingerprint density at radius 3 is 2.69 bits per heavy atom. The van der Waals surface area contributed by atoms with Gasteiger partial charge in [-0.2, -0.15) is 0 Å². The van der Waals surface area contributed by atoms with Crippen LogP contribution in [0.2, 0.25) is 0 Å². The summed E-state index contributed by atoms with van der Waals surface area (Å²) >= 11 is 0. The fraction of sp³-hybridized carbons (Fsp3) is 0.364. The van der Waals surface area contributed by atoms with Gasteiger partial charge in [0, 0.05) is 19.4 Å². The van der Waals surface area contributed by atoms with E-state index >= 15 is 0 Å². The maximum absolute atomic E-state index is 12.6. The van der Waals surface area contributed by atoms with Gasteiger partial charge in [0.25, 0.3) is 0 Å². The standard InChI is InChI=1S/C11H15FN2O2/c12-10-4-2-9(3-5-10)8-11(13)14-16-7-1-6-15/h2-5,15H,1,6-8H2,(H2,13,14). The average molecular weight is 226 g/mol. The molecular formula is C11H15FN2O2. The fourth-order valence-electron chi connectivity index (χ4n) is 1.10. The van der Waals surface area contributed by atoms with Crippen LogP contribution >= 0.6 is 0 Å². The Bertz CT molecular complexity index is 338. The van der Waals surface area contributed by atoms with Gasteiger partial charge < -0.3 is 15.7 Å². The van der Waals surface area contributed by atoms with Crippen molar-refractivity contribution in [2.45, 2.75) is 12.8 Å². The van der Waals surface area contributed by atoms with Gasteiger partial charge in [-0.3, -0.25) is 0 Å². The van der Waals surface area contributed by atoms with Gasteiger partial charge in [-0.25, -0.2) is 4.39 Å². The molecule has 16 heavy (non-hydrogen) atoms. The quantitative estimate of drug-likeness (QED) is 0.329. The van der Waals surface area contributed by atoms with Crippen LogP contribution in [-0.2, 0) is 11.3 Å². The molecule has 1 aromatic carbocycles. The van der Waals surface area contributed by atoms with E-state index in [4.69, 9.17) is 15.7 Å². The topological polar surface area (TPSA) is 67.8 Å². The first-order valence-corrected chi connectivity index (χ1v) is 5.02. The first-order chi connectivity index (χ1) is 7.72. The minimum Gasteiger partial charge on any atom is -0.396 e. The van der Waals surface area contributed by atoms with E-state index in [1.165, 1.54) is 12.1 Å². The first-order valence-electron chi connectivity index (χ1n) is 5.02. The number of halogens is 1. The summed E-state index contributed by atoms with van der Waals surface area (Å²) in [6.07, 6.45) is 0.937. The lowest BCUT2D eigenvalue weighted by molar-refractivity contribution is 0.123. The lowest BCUT2D eigenvalue weighted by Crippen LogP contribution is -2.15. The van der Waals surface area contributed by atoms with Crippen LogP contribution < -0.4 is 5.73 Å². The van der Waals surface area contributed by atoms with E-state index in [1.807, 2.05) is 0 Å². The molecule has 1 rings (SSSR count). The number of hydrogen-bond acceptors (Lipinski definition) is 3. The molecule has 0 radical (unpaired) electrons. The zero-order valence-electron chi connectivity index (χ0n) is 8.90. The van der Waals surface area contributed by atoms with E-state index in [0.717, 1.165) is 5.56 Å². The highest BCUT2D eigenvalue weighted by Crippen LogP contribution is 2.03. The molecule has 3 N–H and O–H groups in total. The first kappa shape index (κ1) is 12.4. The third kappa shape index (κ3) is 4.75. The summed E-state index contributed by atoms with van der Waals surface area (Å²) in [4.78, 5) is 4.86. The minimum atomic E-state index is -0.279. The highest BCUT2D eigenvalue weighted by molar-refractivity contribution is 5.82. The number of amidine groups is 1. The van der Waals surface area contributed by atoms with E-state index < -0.39 is 0 Å². The van der Waals surface area contributed by atoms with E-state index in [0.29, 0.717) is 25.3 Å². The summed E-state index contributed by atoms with van der Waals surface area (Å²) in [5.74, 6) is 0.0444. The molecule has 0 atom stereocenters. The summed E-state index contributed by atoms with van der Waals surface area (Å²) in [5, 5.41) is 12.2. The smallest absolute Gasteiger partial charge is 0.143 e. The van der Waals surface area contributed by atoms with Crippen LogP contribution in [0.3, 0.4) is 0 Å². The van der Waals surface area contributed by atoms with Crippen molar-refractivity contribution < 1.29 is 14.3 Å². The third-order valence-corrected chi connectivity index (χ3v) is 1.87. The highest BCUT2D eigenvalue weighted by atomic mass is 19.1. The van der Waals surface area contributed by atoms with Crippen LogP contribution in [0, 0.1) is 5.82 Å².